The minimum Gasteiger partial charge on any atom is -0.486 e. The first-order chi connectivity index (χ1) is 11.0. The standard InChI is InChI=1S/C20H24N2O/c1-5-22-18-9-7-6-8-17(18)21-19(22)14-23-16-12-10-15(11-13-16)20(2,3)4/h6-13H,5,14H2,1-4H3. The predicted octanol–water partition coefficient (Wildman–Crippen LogP) is 4.93. The Labute approximate surface area is 137 Å². The van der Waals surface area contributed by atoms with Gasteiger partial charge in [0.15, 0.2) is 0 Å². The molecule has 0 aliphatic carbocycles. The summed E-state index contributed by atoms with van der Waals surface area (Å²) in [6, 6.07) is 16.6. The lowest BCUT2D eigenvalue weighted by Gasteiger charge is -2.19. The number of para-hydroxylation sites is 2. The van der Waals surface area contributed by atoms with E-state index < -0.39 is 0 Å². The summed E-state index contributed by atoms with van der Waals surface area (Å²) in [5, 5.41) is 0. The van der Waals surface area contributed by atoms with E-state index in [4.69, 9.17) is 9.72 Å². The van der Waals surface area contributed by atoms with Gasteiger partial charge in [0.05, 0.1) is 11.0 Å². The number of nitrogens with zero attached hydrogens (tertiary/aromatic N) is 2. The molecule has 3 nitrogen and oxygen atoms in total. The highest BCUT2D eigenvalue weighted by Crippen LogP contribution is 2.25. The van der Waals surface area contributed by atoms with Gasteiger partial charge in [0.1, 0.15) is 18.2 Å². The number of hydrogen-bond donors (Lipinski definition) is 0. The number of aryl methyl sites for hydroxylation is 1. The van der Waals surface area contributed by atoms with Crippen molar-refractivity contribution in [2.45, 2.75) is 46.3 Å². The Bertz CT molecular complexity index is 795. The summed E-state index contributed by atoms with van der Waals surface area (Å²) in [6.07, 6.45) is 0. The summed E-state index contributed by atoms with van der Waals surface area (Å²) in [6.45, 7) is 10.2. The smallest absolute Gasteiger partial charge is 0.147 e. The number of imidazole rings is 1. The summed E-state index contributed by atoms with van der Waals surface area (Å²) in [4.78, 5) is 4.69. The molecule has 3 heteroatoms. The normalized spacial score (nSPS) is 11.8. The highest BCUT2D eigenvalue weighted by Gasteiger charge is 2.13. The molecule has 3 aromatic rings. The van der Waals surface area contributed by atoms with E-state index in [-0.39, 0.29) is 5.41 Å². The maximum atomic E-state index is 5.95. The average Bonchev–Trinajstić information content (AvgIpc) is 2.90. The molecule has 0 N–H and O–H groups in total. The third-order valence-corrected chi connectivity index (χ3v) is 4.14. The molecule has 0 saturated carbocycles. The zero-order valence-electron chi connectivity index (χ0n) is 14.3. The number of aromatic nitrogens is 2. The van der Waals surface area contributed by atoms with Crippen molar-refractivity contribution in [3.63, 3.8) is 0 Å². The Morgan fingerprint density at radius 2 is 1.70 bits per heavy atom. The SMILES string of the molecule is CCn1c(COc2ccc(C(C)(C)C)cc2)nc2ccccc21. The van der Waals surface area contributed by atoms with Crippen LogP contribution in [0.5, 0.6) is 5.75 Å². The van der Waals surface area contributed by atoms with Crippen LogP contribution >= 0.6 is 0 Å². The van der Waals surface area contributed by atoms with E-state index >= 15 is 0 Å². The lowest BCUT2D eigenvalue weighted by molar-refractivity contribution is 0.290. The Morgan fingerprint density at radius 3 is 2.35 bits per heavy atom. The van der Waals surface area contributed by atoms with Crippen LogP contribution in [-0.4, -0.2) is 9.55 Å². The Balaban J connectivity index is 1.78. The van der Waals surface area contributed by atoms with Crippen molar-refractivity contribution in [3.05, 3.63) is 59.9 Å². The summed E-state index contributed by atoms with van der Waals surface area (Å²) in [5.74, 6) is 1.85. The summed E-state index contributed by atoms with van der Waals surface area (Å²) in [5.41, 5.74) is 3.66. The molecule has 0 saturated heterocycles. The zero-order chi connectivity index (χ0) is 16.4. The molecule has 0 aliphatic rings. The summed E-state index contributed by atoms with van der Waals surface area (Å²) >= 11 is 0. The minimum absolute atomic E-state index is 0.161. The molecule has 3 rings (SSSR count). The molecule has 1 aromatic heterocycles. The first-order valence-corrected chi connectivity index (χ1v) is 8.16. The van der Waals surface area contributed by atoms with Gasteiger partial charge in [-0.3, -0.25) is 0 Å². The molecule has 0 bridgehead atoms. The van der Waals surface area contributed by atoms with Gasteiger partial charge >= 0.3 is 0 Å². The van der Waals surface area contributed by atoms with Crippen LogP contribution < -0.4 is 4.74 Å². The molecule has 0 aliphatic heterocycles. The maximum absolute atomic E-state index is 5.95. The van der Waals surface area contributed by atoms with Crippen molar-refractivity contribution in [1.29, 1.82) is 0 Å². The quantitative estimate of drug-likeness (QED) is 0.683. The van der Waals surface area contributed by atoms with Crippen molar-refractivity contribution in [2.75, 3.05) is 0 Å². The van der Waals surface area contributed by atoms with Gasteiger partial charge in [0, 0.05) is 6.54 Å². The van der Waals surface area contributed by atoms with E-state index in [9.17, 15) is 0 Å². The van der Waals surface area contributed by atoms with Crippen molar-refractivity contribution >= 4 is 11.0 Å². The fourth-order valence-corrected chi connectivity index (χ4v) is 2.79. The largest absolute Gasteiger partial charge is 0.486 e. The highest BCUT2D eigenvalue weighted by molar-refractivity contribution is 5.75. The minimum atomic E-state index is 0.161. The van der Waals surface area contributed by atoms with Crippen LogP contribution in [0.1, 0.15) is 39.1 Å². The van der Waals surface area contributed by atoms with Gasteiger partial charge < -0.3 is 9.30 Å². The average molecular weight is 308 g/mol. The zero-order valence-corrected chi connectivity index (χ0v) is 14.3. The number of hydrogen-bond acceptors (Lipinski definition) is 2. The fourth-order valence-electron chi connectivity index (χ4n) is 2.79. The van der Waals surface area contributed by atoms with Gasteiger partial charge in [-0.15, -0.1) is 0 Å². The van der Waals surface area contributed by atoms with Gasteiger partial charge in [0.25, 0.3) is 0 Å². The van der Waals surface area contributed by atoms with Crippen molar-refractivity contribution in [1.82, 2.24) is 9.55 Å². The van der Waals surface area contributed by atoms with Crippen LogP contribution in [0.2, 0.25) is 0 Å². The Morgan fingerprint density at radius 1 is 1.00 bits per heavy atom. The van der Waals surface area contributed by atoms with Gasteiger partial charge in [-0.25, -0.2) is 4.98 Å². The molecular weight excluding hydrogens is 284 g/mol. The summed E-state index contributed by atoms with van der Waals surface area (Å²) in [7, 11) is 0. The third kappa shape index (κ3) is 3.24. The second-order valence-electron chi connectivity index (χ2n) is 6.82. The van der Waals surface area contributed by atoms with Gasteiger partial charge in [-0.1, -0.05) is 45.0 Å². The van der Waals surface area contributed by atoms with Crippen LogP contribution in [0.25, 0.3) is 11.0 Å². The molecule has 23 heavy (non-hydrogen) atoms. The molecule has 0 radical (unpaired) electrons. The van der Waals surface area contributed by atoms with E-state index in [1.807, 2.05) is 30.3 Å². The van der Waals surface area contributed by atoms with Gasteiger partial charge in [-0.2, -0.15) is 0 Å². The molecule has 2 aromatic carbocycles. The van der Waals surface area contributed by atoms with Crippen molar-refractivity contribution in [2.24, 2.45) is 0 Å². The molecule has 0 atom stereocenters. The molecule has 1 heterocycles. The molecule has 120 valence electrons. The van der Waals surface area contributed by atoms with Gasteiger partial charge in [-0.05, 0) is 42.2 Å². The molecular formula is C20H24N2O. The van der Waals surface area contributed by atoms with E-state index in [0.717, 1.165) is 29.2 Å². The molecule has 0 unspecified atom stereocenters. The Hall–Kier alpha value is -2.29. The second-order valence-corrected chi connectivity index (χ2v) is 6.82. The summed E-state index contributed by atoms with van der Waals surface area (Å²) < 4.78 is 8.16. The maximum Gasteiger partial charge on any atom is 0.147 e. The van der Waals surface area contributed by atoms with E-state index in [1.54, 1.807) is 0 Å². The fraction of sp³-hybridized carbons (Fsp3) is 0.350. The topological polar surface area (TPSA) is 27.1 Å². The van der Waals surface area contributed by atoms with Gasteiger partial charge in [0.2, 0.25) is 0 Å². The van der Waals surface area contributed by atoms with E-state index in [2.05, 4.69) is 50.5 Å². The highest BCUT2D eigenvalue weighted by atomic mass is 16.5. The van der Waals surface area contributed by atoms with E-state index in [0.29, 0.717) is 6.61 Å². The molecule has 0 spiro atoms. The van der Waals surface area contributed by atoms with Crippen LogP contribution in [-0.2, 0) is 18.6 Å². The van der Waals surface area contributed by atoms with Crippen molar-refractivity contribution in [3.8, 4) is 5.75 Å². The van der Waals surface area contributed by atoms with E-state index in [1.165, 1.54) is 5.56 Å². The van der Waals surface area contributed by atoms with Crippen LogP contribution in [0.15, 0.2) is 48.5 Å². The molecule has 0 fully saturated rings. The first kappa shape index (κ1) is 15.6. The van der Waals surface area contributed by atoms with Crippen LogP contribution in [0.3, 0.4) is 0 Å². The van der Waals surface area contributed by atoms with Crippen LogP contribution in [0.4, 0.5) is 0 Å². The number of ether oxygens (including phenoxy) is 1. The third-order valence-electron chi connectivity index (χ3n) is 4.14. The van der Waals surface area contributed by atoms with Crippen LogP contribution in [0, 0.1) is 0 Å². The van der Waals surface area contributed by atoms with Crippen molar-refractivity contribution < 1.29 is 4.74 Å². The monoisotopic (exact) mass is 308 g/mol. The first-order valence-electron chi connectivity index (χ1n) is 8.16. The lowest BCUT2D eigenvalue weighted by Crippen LogP contribution is -2.10. The number of benzene rings is 2. The number of fused-ring (bicyclic) bond motifs is 1. The predicted molar refractivity (Wildman–Crippen MR) is 94.9 cm³/mol. The lowest BCUT2D eigenvalue weighted by atomic mass is 9.87. The number of rotatable bonds is 4. The Kier molecular flexibility index (Phi) is 4.12. The molecule has 0 amide bonds. The second kappa shape index (κ2) is 6.07.